The number of aromatic nitrogens is 2. The van der Waals surface area contributed by atoms with Gasteiger partial charge in [0.2, 0.25) is 0 Å². The van der Waals surface area contributed by atoms with E-state index in [0.29, 0.717) is 12.1 Å². The summed E-state index contributed by atoms with van der Waals surface area (Å²) in [6, 6.07) is 19.4. The third-order valence-electron chi connectivity index (χ3n) is 4.20. The average Bonchev–Trinajstić information content (AvgIpc) is 2.97. The third-order valence-corrected chi connectivity index (χ3v) is 5.11. The molecule has 0 aliphatic carbocycles. The van der Waals surface area contributed by atoms with Crippen LogP contribution >= 0.6 is 11.5 Å². The van der Waals surface area contributed by atoms with E-state index in [4.69, 9.17) is 0 Å². The molecule has 0 atom stereocenters. The number of benzene rings is 2. The minimum Gasteiger partial charge on any atom is -0.255 e. The monoisotopic (exact) mass is 376 g/mol. The summed E-state index contributed by atoms with van der Waals surface area (Å²) in [6.07, 6.45) is 3.91. The van der Waals surface area contributed by atoms with E-state index in [0.717, 1.165) is 28.2 Å². The maximum Gasteiger partial charge on any atom is 0.346 e. The van der Waals surface area contributed by atoms with Crippen LogP contribution in [0.2, 0.25) is 0 Å². The molecule has 4 nitrogen and oxygen atoms in total. The molecule has 0 amide bonds. The molecule has 0 unspecified atom stereocenters. The summed E-state index contributed by atoms with van der Waals surface area (Å²) >= 11 is 0.882. The van der Waals surface area contributed by atoms with Crippen molar-refractivity contribution < 1.29 is 0 Å². The molecule has 1 aromatic heterocycles. The van der Waals surface area contributed by atoms with Crippen molar-refractivity contribution in [2.24, 2.45) is 0 Å². The Morgan fingerprint density at radius 1 is 0.889 bits per heavy atom. The second-order valence-electron chi connectivity index (χ2n) is 5.99. The fourth-order valence-corrected chi connectivity index (χ4v) is 3.70. The highest BCUT2D eigenvalue weighted by Gasteiger charge is 2.15. The van der Waals surface area contributed by atoms with Crippen molar-refractivity contribution in [2.75, 3.05) is 0 Å². The van der Waals surface area contributed by atoms with Crippen molar-refractivity contribution in [3.8, 4) is 0 Å². The molecule has 0 bridgehead atoms. The molecule has 0 saturated heterocycles. The minimum atomic E-state index is -0.365. The van der Waals surface area contributed by atoms with Gasteiger partial charge in [-0.2, -0.15) is 0 Å². The van der Waals surface area contributed by atoms with Crippen LogP contribution in [0.1, 0.15) is 11.1 Å². The van der Waals surface area contributed by atoms with Crippen molar-refractivity contribution in [3.63, 3.8) is 0 Å². The number of allylic oxidation sites excluding steroid dienone is 4. The normalized spacial score (nSPS) is 11.7. The van der Waals surface area contributed by atoms with Gasteiger partial charge in [0.05, 0.1) is 12.2 Å². The van der Waals surface area contributed by atoms with Crippen molar-refractivity contribution in [3.05, 3.63) is 123 Å². The SMILES string of the molecule is C=C/C(Cc1ccccc1)=C(\C=C)n1sc(=O)n(Cc2ccccc2)c1=O. The van der Waals surface area contributed by atoms with Gasteiger partial charge in [0, 0.05) is 11.5 Å². The standard InChI is InChI=1S/C22H20N2O2S/c1-3-19(15-17-11-7-5-8-12-17)20(4-2)24-21(25)23(22(26)27-24)16-18-13-9-6-10-14-18/h3-14H,1-2,15-16H2/b20-19-. The zero-order valence-electron chi connectivity index (χ0n) is 14.9. The molecule has 5 heteroatoms. The summed E-state index contributed by atoms with van der Waals surface area (Å²) in [7, 11) is 0. The molecule has 0 saturated carbocycles. The lowest BCUT2D eigenvalue weighted by Gasteiger charge is -2.09. The summed E-state index contributed by atoms with van der Waals surface area (Å²) in [4.78, 5) is 25.0. The van der Waals surface area contributed by atoms with Gasteiger partial charge in [-0.15, -0.1) is 0 Å². The summed E-state index contributed by atoms with van der Waals surface area (Å²) in [5, 5.41) is 0. The van der Waals surface area contributed by atoms with Crippen LogP contribution in [0.25, 0.3) is 5.70 Å². The second kappa shape index (κ2) is 8.47. The van der Waals surface area contributed by atoms with Crippen LogP contribution in [-0.2, 0) is 13.0 Å². The first-order valence-corrected chi connectivity index (χ1v) is 9.30. The highest BCUT2D eigenvalue weighted by molar-refractivity contribution is 7.04. The van der Waals surface area contributed by atoms with Crippen molar-refractivity contribution in [1.29, 1.82) is 0 Å². The summed E-state index contributed by atoms with van der Waals surface area (Å²) in [6.45, 7) is 7.96. The Morgan fingerprint density at radius 3 is 2.04 bits per heavy atom. The zero-order chi connectivity index (χ0) is 19.2. The lowest BCUT2D eigenvalue weighted by molar-refractivity contribution is 0.725. The van der Waals surface area contributed by atoms with Crippen LogP contribution in [0.5, 0.6) is 0 Å². The molecule has 0 N–H and O–H groups in total. The van der Waals surface area contributed by atoms with Gasteiger partial charge >= 0.3 is 10.6 Å². The summed E-state index contributed by atoms with van der Waals surface area (Å²) in [5.41, 5.74) is 3.06. The van der Waals surface area contributed by atoms with E-state index >= 15 is 0 Å². The van der Waals surface area contributed by atoms with Crippen molar-refractivity contribution in [1.82, 2.24) is 8.52 Å². The Kier molecular flexibility index (Phi) is 5.84. The molecule has 0 radical (unpaired) electrons. The van der Waals surface area contributed by atoms with E-state index in [1.54, 1.807) is 12.2 Å². The van der Waals surface area contributed by atoms with Crippen LogP contribution in [0, 0.1) is 0 Å². The number of hydrogen-bond donors (Lipinski definition) is 0. The summed E-state index contributed by atoms with van der Waals surface area (Å²) < 4.78 is 2.64. The van der Waals surface area contributed by atoms with E-state index in [-0.39, 0.29) is 17.1 Å². The predicted molar refractivity (Wildman–Crippen MR) is 112 cm³/mol. The number of hydrogen-bond acceptors (Lipinski definition) is 3. The van der Waals surface area contributed by atoms with Crippen LogP contribution in [-0.4, -0.2) is 8.52 Å². The maximum atomic E-state index is 12.9. The molecule has 3 rings (SSSR count). The molecule has 27 heavy (non-hydrogen) atoms. The molecule has 0 spiro atoms. The topological polar surface area (TPSA) is 44.0 Å². The van der Waals surface area contributed by atoms with Gasteiger partial charge < -0.3 is 0 Å². The smallest absolute Gasteiger partial charge is 0.255 e. The van der Waals surface area contributed by atoms with Gasteiger partial charge in [-0.25, -0.2) is 13.3 Å². The van der Waals surface area contributed by atoms with Crippen LogP contribution < -0.4 is 10.6 Å². The van der Waals surface area contributed by atoms with E-state index < -0.39 is 0 Å². The van der Waals surface area contributed by atoms with E-state index in [9.17, 15) is 9.59 Å². The predicted octanol–water partition coefficient (Wildman–Crippen LogP) is 3.95. The van der Waals surface area contributed by atoms with Crippen LogP contribution in [0.3, 0.4) is 0 Å². The Bertz CT molecular complexity index is 1090. The van der Waals surface area contributed by atoms with Crippen LogP contribution in [0.4, 0.5) is 0 Å². The molecule has 0 aliphatic rings. The Hall–Kier alpha value is -3.18. The van der Waals surface area contributed by atoms with E-state index in [2.05, 4.69) is 13.2 Å². The molecule has 0 fully saturated rings. The van der Waals surface area contributed by atoms with Crippen molar-refractivity contribution >= 4 is 17.2 Å². The fraction of sp³-hybridized carbons (Fsp3) is 0.0909. The molecular formula is C22H20N2O2S. The third kappa shape index (κ3) is 4.15. The Morgan fingerprint density at radius 2 is 1.48 bits per heavy atom. The quantitative estimate of drug-likeness (QED) is 0.586. The first-order valence-electron chi connectivity index (χ1n) is 8.53. The van der Waals surface area contributed by atoms with Gasteiger partial charge in [-0.1, -0.05) is 79.9 Å². The van der Waals surface area contributed by atoms with Gasteiger partial charge in [-0.3, -0.25) is 4.79 Å². The lowest BCUT2D eigenvalue weighted by Crippen LogP contribution is -2.29. The van der Waals surface area contributed by atoms with Crippen molar-refractivity contribution in [2.45, 2.75) is 13.0 Å². The first kappa shape index (κ1) is 18.6. The highest BCUT2D eigenvalue weighted by Crippen LogP contribution is 2.18. The van der Waals surface area contributed by atoms with Gasteiger partial charge in [0.1, 0.15) is 0 Å². The minimum absolute atomic E-state index is 0.245. The highest BCUT2D eigenvalue weighted by atomic mass is 32.1. The fourth-order valence-electron chi connectivity index (χ4n) is 2.83. The molecule has 136 valence electrons. The molecule has 0 aliphatic heterocycles. The molecular weight excluding hydrogens is 356 g/mol. The lowest BCUT2D eigenvalue weighted by atomic mass is 10.0. The largest absolute Gasteiger partial charge is 0.346 e. The molecule has 3 aromatic rings. The second-order valence-corrected chi connectivity index (χ2v) is 6.88. The van der Waals surface area contributed by atoms with Gasteiger partial charge in [-0.05, 0) is 29.2 Å². The average molecular weight is 376 g/mol. The Balaban J connectivity index is 2.04. The number of nitrogens with zero attached hydrogens (tertiary/aromatic N) is 2. The molecule has 1 heterocycles. The van der Waals surface area contributed by atoms with E-state index in [1.807, 2.05) is 60.7 Å². The zero-order valence-corrected chi connectivity index (χ0v) is 15.7. The summed E-state index contributed by atoms with van der Waals surface area (Å²) in [5.74, 6) is 0. The van der Waals surface area contributed by atoms with Gasteiger partial charge in [0.15, 0.2) is 0 Å². The molecule has 2 aromatic carbocycles. The van der Waals surface area contributed by atoms with E-state index in [1.165, 1.54) is 8.52 Å². The number of rotatable bonds is 7. The Labute approximate surface area is 161 Å². The van der Waals surface area contributed by atoms with Gasteiger partial charge in [0.25, 0.3) is 0 Å². The maximum absolute atomic E-state index is 12.9. The van der Waals surface area contributed by atoms with Crippen LogP contribution in [0.15, 0.2) is 101 Å². The first-order chi connectivity index (χ1) is 13.1.